The van der Waals surface area contributed by atoms with Gasteiger partial charge < -0.3 is 19.9 Å². The number of allylic oxidation sites excluding steroid dienone is 1. The molecule has 2 unspecified atom stereocenters. The Kier molecular flexibility index (Phi) is 8.40. The molecule has 1 aliphatic rings. The number of carbonyl (C=O) groups excluding carboxylic acids is 1. The second kappa shape index (κ2) is 11.9. The number of ether oxygens (including phenoxy) is 2. The molecule has 190 valence electrons. The number of unbranched alkanes of at least 4 members (excludes halogenated alkanes) is 1. The molecule has 1 aromatic heterocycles. The Labute approximate surface area is 210 Å². The minimum absolute atomic E-state index is 0.0901. The van der Waals surface area contributed by atoms with Crippen molar-refractivity contribution < 1.29 is 19.4 Å². The third kappa shape index (κ3) is 5.78. The quantitative estimate of drug-likeness (QED) is 0.425. The summed E-state index contributed by atoms with van der Waals surface area (Å²) in [4.78, 5) is 26.7. The number of nitrogens with one attached hydrogen (secondary N) is 1. The van der Waals surface area contributed by atoms with Crippen molar-refractivity contribution in [3.63, 3.8) is 0 Å². The Morgan fingerprint density at radius 3 is 2.50 bits per heavy atom. The first-order valence-electron chi connectivity index (χ1n) is 12.3. The van der Waals surface area contributed by atoms with E-state index in [9.17, 15) is 9.59 Å². The summed E-state index contributed by atoms with van der Waals surface area (Å²) in [6, 6.07) is 19.1. The molecule has 3 aromatic rings. The van der Waals surface area contributed by atoms with Gasteiger partial charge in [0.1, 0.15) is 0 Å². The Bertz CT molecular complexity index is 1250. The van der Waals surface area contributed by atoms with Crippen LogP contribution in [-0.4, -0.2) is 39.9 Å². The fraction of sp³-hybridized carbons (Fsp3) is 0.357. The predicted molar refractivity (Wildman–Crippen MR) is 137 cm³/mol. The molecule has 4 rings (SSSR count). The van der Waals surface area contributed by atoms with Gasteiger partial charge in [0.2, 0.25) is 6.29 Å². The topological polar surface area (TPSA) is 94.7 Å². The first-order valence-corrected chi connectivity index (χ1v) is 12.3. The molecular formula is C28H33N3O5. The summed E-state index contributed by atoms with van der Waals surface area (Å²) >= 11 is 0. The third-order valence-electron chi connectivity index (χ3n) is 6.40. The van der Waals surface area contributed by atoms with E-state index in [0.29, 0.717) is 38.0 Å². The van der Waals surface area contributed by atoms with E-state index in [4.69, 9.17) is 14.6 Å². The summed E-state index contributed by atoms with van der Waals surface area (Å²) in [5.74, 6) is -0.574. The van der Waals surface area contributed by atoms with Crippen molar-refractivity contribution >= 4 is 5.91 Å². The van der Waals surface area contributed by atoms with Crippen LogP contribution in [0.1, 0.15) is 42.0 Å². The number of nitrogens with zero attached hydrogens (tertiary/aromatic N) is 2. The third-order valence-corrected chi connectivity index (χ3v) is 6.40. The van der Waals surface area contributed by atoms with Crippen LogP contribution in [0.2, 0.25) is 0 Å². The molecule has 0 saturated heterocycles. The number of aliphatic hydroxyl groups excluding tert-OH is 1. The van der Waals surface area contributed by atoms with Crippen molar-refractivity contribution in [3.05, 3.63) is 99.7 Å². The van der Waals surface area contributed by atoms with Gasteiger partial charge in [-0.25, -0.2) is 4.68 Å². The summed E-state index contributed by atoms with van der Waals surface area (Å²) in [5.41, 5.74) is 3.04. The number of benzene rings is 2. The minimum Gasteiger partial charge on any atom is -0.459 e. The number of rotatable bonds is 10. The van der Waals surface area contributed by atoms with Crippen LogP contribution in [0.5, 0.6) is 0 Å². The van der Waals surface area contributed by atoms with Gasteiger partial charge in [-0.2, -0.15) is 0 Å². The lowest BCUT2D eigenvalue weighted by Crippen LogP contribution is -2.34. The van der Waals surface area contributed by atoms with E-state index in [1.165, 1.54) is 0 Å². The molecule has 1 amide bonds. The van der Waals surface area contributed by atoms with Crippen molar-refractivity contribution in [1.29, 1.82) is 0 Å². The molecule has 0 fully saturated rings. The van der Waals surface area contributed by atoms with Gasteiger partial charge in [-0.1, -0.05) is 48.5 Å². The summed E-state index contributed by atoms with van der Waals surface area (Å²) in [6.45, 7) is 2.75. The average molecular weight is 492 g/mol. The van der Waals surface area contributed by atoms with Crippen LogP contribution >= 0.6 is 0 Å². The molecule has 1 aliphatic heterocycles. The molecule has 0 spiro atoms. The number of hydrogen-bond donors (Lipinski definition) is 2. The Morgan fingerprint density at radius 2 is 1.81 bits per heavy atom. The fourth-order valence-corrected chi connectivity index (χ4v) is 4.43. The second-order valence-corrected chi connectivity index (χ2v) is 8.87. The van der Waals surface area contributed by atoms with Crippen molar-refractivity contribution in [1.82, 2.24) is 14.7 Å². The molecule has 0 radical (unpaired) electrons. The zero-order valence-corrected chi connectivity index (χ0v) is 20.7. The molecular weight excluding hydrogens is 458 g/mol. The minimum atomic E-state index is -0.680. The smallest absolute Gasteiger partial charge is 0.286 e. The molecule has 8 heteroatoms. The maximum absolute atomic E-state index is 13.6. The first-order chi connectivity index (χ1) is 17.5. The van der Waals surface area contributed by atoms with Crippen LogP contribution in [0, 0.1) is 6.92 Å². The molecule has 2 N–H and O–H groups in total. The maximum Gasteiger partial charge on any atom is 0.286 e. The zero-order valence-electron chi connectivity index (χ0n) is 20.7. The Balaban J connectivity index is 1.62. The highest BCUT2D eigenvalue weighted by molar-refractivity contribution is 5.91. The van der Waals surface area contributed by atoms with Gasteiger partial charge in [-0.05, 0) is 43.5 Å². The highest BCUT2D eigenvalue weighted by Crippen LogP contribution is 2.32. The SMILES string of the molecule is Cc1c(C2C=C(C(=O)NCc3ccccc3)OC(OCCCCO)C2)c(=O)n(-c2ccccc2)n1C. The van der Waals surface area contributed by atoms with E-state index in [2.05, 4.69) is 5.32 Å². The van der Waals surface area contributed by atoms with Crippen LogP contribution in [-0.2, 0) is 27.9 Å². The van der Waals surface area contributed by atoms with Gasteiger partial charge in [0.25, 0.3) is 11.5 Å². The molecule has 8 nitrogen and oxygen atoms in total. The average Bonchev–Trinajstić information content (AvgIpc) is 3.13. The molecule has 2 heterocycles. The maximum atomic E-state index is 13.6. The van der Waals surface area contributed by atoms with Crippen molar-refractivity contribution in [2.75, 3.05) is 13.2 Å². The van der Waals surface area contributed by atoms with Gasteiger partial charge in [0, 0.05) is 43.8 Å². The van der Waals surface area contributed by atoms with Crippen molar-refractivity contribution in [2.24, 2.45) is 7.05 Å². The van der Waals surface area contributed by atoms with E-state index >= 15 is 0 Å². The predicted octanol–water partition coefficient (Wildman–Crippen LogP) is 3.30. The van der Waals surface area contributed by atoms with E-state index in [-0.39, 0.29) is 29.8 Å². The highest BCUT2D eigenvalue weighted by Gasteiger charge is 2.32. The number of hydrogen-bond acceptors (Lipinski definition) is 5. The van der Waals surface area contributed by atoms with Gasteiger partial charge in [0.05, 0.1) is 12.3 Å². The van der Waals surface area contributed by atoms with Crippen molar-refractivity contribution in [3.8, 4) is 5.69 Å². The number of para-hydroxylation sites is 1. The van der Waals surface area contributed by atoms with Gasteiger partial charge in [0.15, 0.2) is 5.76 Å². The monoisotopic (exact) mass is 491 g/mol. The lowest BCUT2D eigenvalue weighted by molar-refractivity contribution is -0.146. The lowest BCUT2D eigenvalue weighted by Gasteiger charge is -2.29. The highest BCUT2D eigenvalue weighted by atomic mass is 16.7. The van der Waals surface area contributed by atoms with Crippen LogP contribution in [0.15, 0.2) is 77.3 Å². The summed E-state index contributed by atoms with van der Waals surface area (Å²) in [6.07, 6.45) is 2.75. The standard InChI is InChI=1S/C28H33N3O5/c1-20-26(28(34)31(30(20)2)23-13-7-4-8-14-23)22-17-24(36-25(18-22)35-16-10-9-15-32)27(33)29-19-21-11-5-3-6-12-21/h3-8,11-14,17,22,25,32H,9-10,15-16,18-19H2,1-2H3,(H,29,33). The Hall–Kier alpha value is -3.62. The summed E-state index contributed by atoms with van der Waals surface area (Å²) in [5, 5.41) is 12.0. The van der Waals surface area contributed by atoms with Crippen LogP contribution in [0.25, 0.3) is 5.69 Å². The largest absolute Gasteiger partial charge is 0.459 e. The van der Waals surface area contributed by atoms with Gasteiger partial charge in [-0.3, -0.25) is 14.3 Å². The number of carbonyl (C=O) groups is 1. The number of aliphatic hydroxyl groups is 1. The van der Waals surface area contributed by atoms with E-state index in [1.54, 1.807) is 10.8 Å². The van der Waals surface area contributed by atoms with Crippen LogP contribution in [0.4, 0.5) is 0 Å². The fourth-order valence-electron chi connectivity index (χ4n) is 4.43. The van der Waals surface area contributed by atoms with Gasteiger partial charge >= 0.3 is 0 Å². The summed E-state index contributed by atoms with van der Waals surface area (Å²) in [7, 11) is 1.85. The second-order valence-electron chi connectivity index (χ2n) is 8.87. The normalized spacial score (nSPS) is 17.4. The summed E-state index contributed by atoms with van der Waals surface area (Å²) < 4.78 is 15.3. The number of aromatic nitrogens is 2. The molecule has 0 saturated carbocycles. The molecule has 36 heavy (non-hydrogen) atoms. The van der Waals surface area contributed by atoms with Crippen LogP contribution in [0.3, 0.4) is 0 Å². The van der Waals surface area contributed by atoms with Gasteiger partial charge in [-0.15, -0.1) is 0 Å². The van der Waals surface area contributed by atoms with E-state index in [0.717, 1.165) is 16.9 Å². The molecule has 2 aromatic carbocycles. The van der Waals surface area contributed by atoms with Crippen LogP contribution < -0.4 is 10.9 Å². The Morgan fingerprint density at radius 1 is 1.11 bits per heavy atom. The lowest BCUT2D eigenvalue weighted by atomic mass is 9.93. The van der Waals surface area contributed by atoms with E-state index in [1.807, 2.05) is 79.3 Å². The first kappa shape index (κ1) is 25.5. The molecule has 0 aliphatic carbocycles. The van der Waals surface area contributed by atoms with E-state index < -0.39 is 6.29 Å². The van der Waals surface area contributed by atoms with Crippen molar-refractivity contribution in [2.45, 2.75) is 44.9 Å². The number of amides is 1. The molecule has 2 atom stereocenters. The molecule has 0 bridgehead atoms. The zero-order chi connectivity index (χ0) is 25.5.